The fourth-order valence-corrected chi connectivity index (χ4v) is 6.00. The molecule has 1 amide bonds. The normalized spacial score (nSPS) is 15.4. The quantitative estimate of drug-likeness (QED) is 0.235. The van der Waals surface area contributed by atoms with Crippen molar-refractivity contribution in [3.05, 3.63) is 76.4 Å². The third-order valence-electron chi connectivity index (χ3n) is 7.17. The van der Waals surface area contributed by atoms with E-state index in [2.05, 4.69) is 9.88 Å². The summed E-state index contributed by atoms with van der Waals surface area (Å²) >= 11 is 0.952. The number of carboxylic acid groups (broad SMARTS) is 1. The van der Waals surface area contributed by atoms with Gasteiger partial charge in [-0.15, -0.1) is 11.3 Å². The molecule has 1 fully saturated rings. The maximum absolute atomic E-state index is 13.6. The Kier molecular flexibility index (Phi) is 8.63. The van der Waals surface area contributed by atoms with Crippen molar-refractivity contribution in [3.8, 4) is 10.8 Å². The van der Waals surface area contributed by atoms with Crippen LogP contribution in [-0.2, 0) is 17.5 Å². The van der Waals surface area contributed by atoms with E-state index in [1.807, 2.05) is 39.0 Å². The van der Waals surface area contributed by atoms with Gasteiger partial charge in [0.25, 0.3) is 0 Å². The van der Waals surface area contributed by atoms with Crippen LogP contribution in [0.15, 0.2) is 54.9 Å². The summed E-state index contributed by atoms with van der Waals surface area (Å²) < 4.78 is 53.9. The second-order valence-corrected chi connectivity index (χ2v) is 12.6. The van der Waals surface area contributed by atoms with Gasteiger partial charge < -0.3 is 19.5 Å². The molecule has 4 aromatic rings. The number of thiophene rings is 1. The van der Waals surface area contributed by atoms with Crippen LogP contribution in [-0.4, -0.2) is 68.3 Å². The highest BCUT2D eigenvalue weighted by Gasteiger charge is 2.35. The van der Waals surface area contributed by atoms with E-state index >= 15 is 0 Å². The summed E-state index contributed by atoms with van der Waals surface area (Å²) in [6.07, 6.45) is -4.38. The third-order valence-corrected chi connectivity index (χ3v) is 8.27. The lowest BCUT2D eigenvalue weighted by Gasteiger charge is -2.35. The van der Waals surface area contributed by atoms with Crippen LogP contribution in [0.1, 0.15) is 60.2 Å². The fraction of sp³-hybridized carbons (Fsp3) is 0.387. The van der Waals surface area contributed by atoms with Gasteiger partial charge >= 0.3 is 18.2 Å². The zero-order valence-electron chi connectivity index (χ0n) is 24.7. The Hall–Kier alpha value is -4.10. The van der Waals surface area contributed by atoms with Crippen LogP contribution in [0.2, 0.25) is 0 Å². The van der Waals surface area contributed by atoms with Crippen molar-refractivity contribution in [1.29, 1.82) is 0 Å². The first-order chi connectivity index (χ1) is 20.7. The number of carbonyl (C=O) groups is 2. The summed E-state index contributed by atoms with van der Waals surface area (Å²) in [7, 11) is 0. The first-order valence-electron chi connectivity index (χ1n) is 14.1. The second-order valence-electron chi connectivity index (χ2n) is 11.6. The summed E-state index contributed by atoms with van der Waals surface area (Å²) in [5.41, 5.74) is 0.977. The zero-order chi connectivity index (χ0) is 31.8. The molecular weight excluding hydrogens is 597 g/mol. The lowest BCUT2D eigenvalue weighted by molar-refractivity contribution is -0.139. The minimum atomic E-state index is -4.58. The summed E-state index contributed by atoms with van der Waals surface area (Å²) in [4.78, 5) is 32.8. The predicted octanol–water partition coefficient (Wildman–Crippen LogP) is 7.00. The molecule has 2 aromatic carbocycles. The molecule has 234 valence electrons. The standard InChI is InChI=1S/C31H33F3N4O5S/c1-19(21-7-5-6-8-22(21)31(32,33)34)42-25-16-26(44-27(25)28(39)40)38-18-35-23-10-9-20(15-24(23)38)17-36-11-13-37(14-12-36)29(41)43-30(2,3)4/h5-10,15-16,18-19H,11-14,17H2,1-4H3,(H,39,40)/t19-/m1/s1. The number of aromatic carboxylic acids is 1. The molecule has 0 saturated carbocycles. The van der Waals surface area contributed by atoms with Crippen LogP contribution >= 0.6 is 11.3 Å². The highest BCUT2D eigenvalue weighted by Crippen LogP contribution is 2.39. The lowest BCUT2D eigenvalue weighted by Crippen LogP contribution is -2.49. The van der Waals surface area contributed by atoms with Crippen LogP contribution in [0, 0.1) is 0 Å². The van der Waals surface area contributed by atoms with Crippen molar-refractivity contribution in [2.45, 2.75) is 52.1 Å². The van der Waals surface area contributed by atoms with E-state index in [1.54, 1.807) is 15.8 Å². The molecule has 0 aliphatic carbocycles. The van der Waals surface area contributed by atoms with Crippen molar-refractivity contribution in [3.63, 3.8) is 0 Å². The Balaban J connectivity index is 1.34. The van der Waals surface area contributed by atoms with E-state index in [9.17, 15) is 27.9 Å². The number of rotatable bonds is 7. The van der Waals surface area contributed by atoms with Gasteiger partial charge in [0.1, 0.15) is 28.8 Å². The average molecular weight is 631 g/mol. The average Bonchev–Trinajstić information content (AvgIpc) is 3.56. The van der Waals surface area contributed by atoms with Crippen molar-refractivity contribution in [2.24, 2.45) is 0 Å². The van der Waals surface area contributed by atoms with Crippen LogP contribution in [0.5, 0.6) is 5.75 Å². The Bertz CT molecular complexity index is 1670. The molecule has 2 aromatic heterocycles. The molecule has 0 bridgehead atoms. The van der Waals surface area contributed by atoms with Crippen molar-refractivity contribution < 1.29 is 37.3 Å². The first-order valence-corrected chi connectivity index (χ1v) is 14.9. The summed E-state index contributed by atoms with van der Waals surface area (Å²) in [5, 5.41) is 10.4. The van der Waals surface area contributed by atoms with Crippen LogP contribution in [0.3, 0.4) is 0 Å². The molecule has 5 rings (SSSR count). The minimum absolute atomic E-state index is 0.0251. The maximum Gasteiger partial charge on any atom is 0.416 e. The number of imidazole rings is 1. The summed E-state index contributed by atoms with van der Waals surface area (Å²) in [6, 6.07) is 12.4. The van der Waals surface area contributed by atoms with Gasteiger partial charge in [-0.2, -0.15) is 13.2 Å². The number of aromatic nitrogens is 2. The SMILES string of the molecule is C[C@@H](Oc1cc(-n2cnc3ccc(CN4CCN(C(=O)OC(C)(C)C)CC4)cc32)sc1C(=O)O)c1ccccc1C(F)(F)F. The molecule has 1 aliphatic rings. The number of benzene rings is 2. The van der Waals surface area contributed by atoms with Gasteiger partial charge in [0.05, 0.1) is 16.6 Å². The van der Waals surface area contributed by atoms with Gasteiger partial charge in [0.2, 0.25) is 0 Å². The molecule has 1 N–H and O–H groups in total. The number of carbonyl (C=O) groups excluding carboxylic acids is 1. The Morgan fingerprint density at radius 2 is 1.75 bits per heavy atom. The van der Waals surface area contributed by atoms with Crippen molar-refractivity contribution in [1.82, 2.24) is 19.4 Å². The third kappa shape index (κ3) is 6.99. The summed E-state index contributed by atoms with van der Waals surface area (Å²) in [5.74, 6) is -1.27. The molecule has 44 heavy (non-hydrogen) atoms. The van der Waals surface area contributed by atoms with E-state index in [0.717, 1.165) is 28.5 Å². The number of nitrogens with zero attached hydrogens (tertiary/aromatic N) is 4. The van der Waals surface area contributed by atoms with E-state index in [1.165, 1.54) is 31.2 Å². The number of hydrogen-bond acceptors (Lipinski definition) is 7. The first kappa shape index (κ1) is 31.3. The minimum Gasteiger partial charge on any atom is -0.484 e. The number of carboxylic acids is 1. The number of halogens is 3. The van der Waals surface area contributed by atoms with E-state index in [4.69, 9.17) is 9.47 Å². The van der Waals surface area contributed by atoms with E-state index < -0.39 is 29.4 Å². The van der Waals surface area contributed by atoms with Gasteiger partial charge in [-0.1, -0.05) is 24.3 Å². The molecule has 0 radical (unpaired) electrons. The molecule has 1 aliphatic heterocycles. The number of ether oxygens (including phenoxy) is 2. The number of piperazine rings is 1. The predicted molar refractivity (Wildman–Crippen MR) is 159 cm³/mol. The Labute approximate surface area is 256 Å². The largest absolute Gasteiger partial charge is 0.484 e. The molecule has 13 heteroatoms. The van der Waals surface area contributed by atoms with Crippen LogP contribution in [0.4, 0.5) is 18.0 Å². The van der Waals surface area contributed by atoms with Gasteiger partial charge in [0.15, 0.2) is 4.88 Å². The highest BCUT2D eigenvalue weighted by molar-refractivity contribution is 7.16. The molecule has 1 atom stereocenters. The topological polar surface area (TPSA) is 97.1 Å². The zero-order valence-corrected chi connectivity index (χ0v) is 25.5. The van der Waals surface area contributed by atoms with E-state index in [-0.39, 0.29) is 22.3 Å². The van der Waals surface area contributed by atoms with Gasteiger partial charge in [-0.05, 0) is 51.5 Å². The molecule has 9 nitrogen and oxygen atoms in total. The highest BCUT2D eigenvalue weighted by atomic mass is 32.1. The number of hydrogen-bond donors (Lipinski definition) is 1. The Morgan fingerprint density at radius 3 is 2.41 bits per heavy atom. The number of alkyl halides is 3. The van der Waals surface area contributed by atoms with Crippen molar-refractivity contribution in [2.75, 3.05) is 26.2 Å². The molecule has 3 heterocycles. The lowest BCUT2D eigenvalue weighted by atomic mass is 10.0. The molecule has 0 spiro atoms. The molecule has 1 saturated heterocycles. The number of amides is 1. The second kappa shape index (κ2) is 12.1. The molecule has 0 unspecified atom stereocenters. The van der Waals surface area contributed by atoms with Crippen LogP contribution < -0.4 is 4.74 Å². The van der Waals surface area contributed by atoms with Crippen LogP contribution in [0.25, 0.3) is 16.0 Å². The Morgan fingerprint density at radius 1 is 1.05 bits per heavy atom. The number of fused-ring (bicyclic) bond motifs is 1. The van der Waals surface area contributed by atoms with E-state index in [0.29, 0.717) is 43.2 Å². The van der Waals surface area contributed by atoms with Crippen molar-refractivity contribution >= 4 is 34.4 Å². The smallest absolute Gasteiger partial charge is 0.416 e. The van der Waals surface area contributed by atoms with Gasteiger partial charge in [-0.25, -0.2) is 14.6 Å². The van der Waals surface area contributed by atoms with Gasteiger partial charge in [0, 0.05) is 44.4 Å². The summed E-state index contributed by atoms with van der Waals surface area (Å²) in [6.45, 7) is 10.1. The molecular formula is C31H33F3N4O5S. The van der Waals surface area contributed by atoms with Gasteiger partial charge in [-0.3, -0.25) is 9.47 Å². The fourth-order valence-electron chi connectivity index (χ4n) is 5.08. The maximum atomic E-state index is 13.6. The monoisotopic (exact) mass is 630 g/mol.